The van der Waals surface area contributed by atoms with Crippen molar-refractivity contribution in [3.05, 3.63) is 0 Å². The van der Waals surface area contributed by atoms with Gasteiger partial charge in [-0.1, -0.05) is 12.8 Å². The highest BCUT2D eigenvalue weighted by Crippen LogP contribution is 2.21. The van der Waals surface area contributed by atoms with E-state index < -0.39 is 6.10 Å². The highest BCUT2D eigenvalue weighted by atomic mass is 16.5. The fraction of sp³-hybridized carbons (Fsp3) is 1.00. The zero-order valence-electron chi connectivity index (χ0n) is 9.74. The Kier molecular flexibility index (Phi) is 6.17. The van der Waals surface area contributed by atoms with Gasteiger partial charge < -0.3 is 19.9 Å². The molecule has 0 heterocycles. The summed E-state index contributed by atoms with van der Waals surface area (Å²) in [6, 6.07) is 0.438. The number of aliphatic hydroxyl groups is 1. The number of likely N-dealkylation sites (N-methyl/N-ethyl adjacent to an activating group) is 1. The molecule has 3 atom stereocenters. The molecule has 3 unspecified atom stereocenters. The fourth-order valence-corrected chi connectivity index (χ4v) is 2.10. The van der Waals surface area contributed by atoms with Crippen molar-refractivity contribution < 1.29 is 14.6 Å². The minimum absolute atomic E-state index is 0.246. The Balaban J connectivity index is 2.22. The standard InChI is InChI=1S/C11H23NO3/c1-12-10-5-3-4-6-11(10)15-8-9(13)7-14-2/h9-13H,3-8H2,1-2H3. The fourth-order valence-electron chi connectivity index (χ4n) is 2.10. The molecule has 0 bridgehead atoms. The molecule has 0 amide bonds. The average molecular weight is 217 g/mol. The molecule has 0 aromatic carbocycles. The highest BCUT2D eigenvalue weighted by molar-refractivity contribution is 4.80. The van der Waals surface area contributed by atoms with Gasteiger partial charge in [-0.3, -0.25) is 0 Å². The molecule has 0 radical (unpaired) electrons. The van der Waals surface area contributed by atoms with Gasteiger partial charge in [-0.2, -0.15) is 0 Å². The molecule has 1 fully saturated rings. The van der Waals surface area contributed by atoms with E-state index in [9.17, 15) is 5.11 Å². The summed E-state index contributed by atoms with van der Waals surface area (Å²) in [5, 5.41) is 12.7. The van der Waals surface area contributed by atoms with Crippen molar-refractivity contribution in [1.82, 2.24) is 5.32 Å². The first-order valence-electron chi connectivity index (χ1n) is 5.73. The third-order valence-electron chi connectivity index (χ3n) is 2.94. The van der Waals surface area contributed by atoms with Gasteiger partial charge >= 0.3 is 0 Å². The number of nitrogens with one attached hydrogen (secondary N) is 1. The van der Waals surface area contributed by atoms with E-state index in [0.29, 0.717) is 19.3 Å². The van der Waals surface area contributed by atoms with E-state index in [4.69, 9.17) is 9.47 Å². The summed E-state index contributed by atoms with van der Waals surface area (Å²) in [6.45, 7) is 0.716. The number of rotatable bonds is 6. The lowest BCUT2D eigenvalue weighted by molar-refractivity contribution is -0.0558. The van der Waals surface area contributed by atoms with Crippen molar-refractivity contribution in [2.24, 2.45) is 0 Å². The van der Waals surface area contributed by atoms with Crippen LogP contribution in [-0.4, -0.2) is 50.7 Å². The molecule has 0 spiro atoms. The van der Waals surface area contributed by atoms with E-state index in [0.717, 1.165) is 6.42 Å². The first-order valence-corrected chi connectivity index (χ1v) is 5.73. The third kappa shape index (κ3) is 4.47. The van der Waals surface area contributed by atoms with Crippen LogP contribution in [0.15, 0.2) is 0 Å². The van der Waals surface area contributed by atoms with Crippen LogP contribution in [0.2, 0.25) is 0 Å². The normalized spacial score (nSPS) is 29.0. The number of methoxy groups -OCH3 is 1. The number of hydrogen-bond donors (Lipinski definition) is 2. The van der Waals surface area contributed by atoms with Gasteiger partial charge in [0.05, 0.1) is 19.3 Å². The van der Waals surface area contributed by atoms with E-state index in [1.165, 1.54) is 19.3 Å². The zero-order valence-corrected chi connectivity index (χ0v) is 9.74. The van der Waals surface area contributed by atoms with Crippen molar-refractivity contribution in [1.29, 1.82) is 0 Å². The second-order valence-corrected chi connectivity index (χ2v) is 4.16. The quantitative estimate of drug-likeness (QED) is 0.682. The van der Waals surface area contributed by atoms with E-state index in [2.05, 4.69) is 5.32 Å². The molecular formula is C11H23NO3. The predicted molar refractivity (Wildman–Crippen MR) is 58.9 cm³/mol. The highest BCUT2D eigenvalue weighted by Gasteiger charge is 2.24. The second-order valence-electron chi connectivity index (χ2n) is 4.16. The Hall–Kier alpha value is -0.160. The lowest BCUT2D eigenvalue weighted by Crippen LogP contribution is -2.43. The molecule has 2 N–H and O–H groups in total. The van der Waals surface area contributed by atoms with Gasteiger partial charge in [0.25, 0.3) is 0 Å². The van der Waals surface area contributed by atoms with Gasteiger partial charge in [-0.15, -0.1) is 0 Å². The van der Waals surface area contributed by atoms with Crippen LogP contribution >= 0.6 is 0 Å². The van der Waals surface area contributed by atoms with Crippen molar-refractivity contribution in [3.63, 3.8) is 0 Å². The largest absolute Gasteiger partial charge is 0.388 e. The van der Waals surface area contributed by atoms with Gasteiger partial charge in [0, 0.05) is 13.2 Å². The van der Waals surface area contributed by atoms with E-state index in [1.807, 2.05) is 7.05 Å². The minimum Gasteiger partial charge on any atom is -0.388 e. The average Bonchev–Trinajstić information content (AvgIpc) is 2.27. The second kappa shape index (κ2) is 7.17. The predicted octanol–water partition coefficient (Wildman–Crippen LogP) is 0.541. The van der Waals surface area contributed by atoms with E-state index in [-0.39, 0.29) is 6.10 Å². The summed E-state index contributed by atoms with van der Waals surface area (Å²) in [4.78, 5) is 0. The van der Waals surface area contributed by atoms with Gasteiger partial charge in [0.1, 0.15) is 6.10 Å². The molecule has 15 heavy (non-hydrogen) atoms. The van der Waals surface area contributed by atoms with E-state index >= 15 is 0 Å². The Bertz CT molecular complexity index is 166. The van der Waals surface area contributed by atoms with Crippen LogP contribution in [0, 0.1) is 0 Å². The van der Waals surface area contributed by atoms with Gasteiger partial charge in [0.2, 0.25) is 0 Å². The first-order chi connectivity index (χ1) is 7.27. The van der Waals surface area contributed by atoms with Crippen molar-refractivity contribution in [2.75, 3.05) is 27.4 Å². The summed E-state index contributed by atoms with van der Waals surface area (Å²) in [5.74, 6) is 0. The van der Waals surface area contributed by atoms with Gasteiger partial charge in [-0.05, 0) is 19.9 Å². The Labute approximate surface area is 92.0 Å². The molecule has 4 nitrogen and oxygen atoms in total. The summed E-state index contributed by atoms with van der Waals surface area (Å²) in [7, 11) is 3.55. The topological polar surface area (TPSA) is 50.7 Å². The SMILES string of the molecule is CNC1CCCCC1OCC(O)COC. The molecule has 1 aliphatic carbocycles. The van der Waals surface area contributed by atoms with Crippen LogP contribution in [0.4, 0.5) is 0 Å². The minimum atomic E-state index is -0.505. The lowest BCUT2D eigenvalue weighted by atomic mass is 9.92. The Morgan fingerprint density at radius 2 is 2.07 bits per heavy atom. The summed E-state index contributed by atoms with van der Waals surface area (Å²) < 4.78 is 10.6. The molecule has 4 heteroatoms. The van der Waals surface area contributed by atoms with Crippen LogP contribution in [0.3, 0.4) is 0 Å². The molecular weight excluding hydrogens is 194 g/mol. The molecule has 0 aliphatic heterocycles. The monoisotopic (exact) mass is 217 g/mol. The van der Waals surface area contributed by atoms with Crippen LogP contribution in [0.5, 0.6) is 0 Å². The maximum Gasteiger partial charge on any atom is 0.101 e. The summed E-state index contributed by atoms with van der Waals surface area (Å²) >= 11 is 0. The van der Waals surface area contributed by atoms with Crippen LogP contribution in [-0.2, 0) is 9.47 Å². The van der Waals surface area contributed by atoms with Gasteiger partial charge in [0.15, 0.2) is 0 Å². The molecule has 90 valence electrons. The van der Waals surface area contributed by atoms with Crippen LogP contribution in [0.1, 0.15) is 25.7 Å². The molecule has 1 rings (SSSR count). The van der Waals surface area contributed by atoms with Crippen molar-refractivity contribution in [3.8, 4) is 0 Å². The van der Waals surface area contributed by atoms with Crippen molar-refractivity contribution >= 4 is 0 Å². The summed E-state index contributed by atoms with van der Waals surface area (Å²) in [5.41, 5.74) is 0. The molecule has 0 aromatic rings. The lowest BCUT2D eigenvalue weighted by Gasteiger charge is -2.31. The third-order valence-corrected chi connectivity index (χ3v) is 2.94. The molecule has 1 saturated carbocycles. The molecule has 1 aliphatic rings. The number of aliphatic hydroxyl groups excluding tert-OH is 1. The van der Waals surface area contributed by atoms with E-state index in [1.54, 1.807) is 7.11 Å². The summed E-state index contributed by atoms with van der Waals surface area (Å²) in [6.07, 6.45) is 4.49. The molecule has 0 saturated heterocycles. The number of ether oxygens (including phenoxy) is 2. The van der Waals surface area contributed by atoms with Crippen LogP contribution in [0.25, 0.3) is 0 Å². The van der Waals surface area contributed by atoms with Crippen LogP contribution < -0.4 is 5.32 Å². The number of hydrogen-bond acceptors (Lipinski definition) is 4. The zero-order chi connectivity index (χ0) is 11.1. The Morgan fingerprint density at radius 1 is 1.33 bits per heavy atom. The Morgan fingerprint density at radius 3 is 2.73 bits per heavy atom. The molecule has 0 aromatic heterocycles. The maximum absolute atomic E-state index is 9.47. The van der Waals surface area contributed by atoms with Crippen molar-refractivity contribution in [2.45, 2.75) is 43.9 Å². The maximum atomic E-state index is 9.47. The smallest absolute Gasteiger partial charge is 0.101 e. The van der Waals surface area contributed by atoms with Gasteiger partial charge in [-0.25, -0.2) is 0 Å². The first kappa shape index (κ1) is 12.9.